The average Bonchev–Trinajstić information content (AvgIpc) is 2.63. The lowest BCUT2D eigenvalue weighted by molar-refractivity contribution is 0.0954. The van der Waals surface area contributed by atoms with E-state index >= 15 is 0 Å². The number of carbonyl (C=O) groups is 1. The Kier molecular flexibility index (Phi) is 6.76. The highest BCUT2D eigenvalue weighted by atomic mass is 16.1. The van der Waals surface area contributed by atoms with Crippen LogP contribution >= 0.6 is 0 Å². The molecule has 0 unspecified atom stereocenters. The number of hydrogen-bond acceptors (Lipinski definition) is 3. The lowest BCUT2D eigenvalue weighted by Gasteiger charge is -2.13. The first-order valence-corrected chi connectivity index (χ1v) is 7.88. The van der Waals surface area contributed by atoms with Crippen molar-refractivity contribution in [1.82, 2.24) is 20.9 Å². The Morgan fingerprint density at radius 2 is 1.88 bits per heavy atom. The molecule has 0 fully saturated rings. The third-order valence-electron chi connectivity index (χ3n) is 3.56. The smallest absolute Gasteiger partial charge is 0.252 e. The molecule has 2 aromatic rings. The van der Waals surface area contributed by atoms with E-state index in [1.165, 1.54) is 11.1 Å². The van der Waals surface area contributed by atoms with Gasteiger partial charge in [-0.1, -0.05) is 24.3 Å². The monoisotopic (exact) mass is 325 g/mol. The van der Waals surface area contributed by atoms with Gasteiger partial charge in [-0.25, -0.2) is 0 Å². The fraction of sp³-hybridized carbons (Fsp3) is 0.278. The Bertz CT molecular complexity index is 685. The minimum Gasteiger partial charge on any atom is -0.355 e. The summed E-state index contributed by atoms with van der Waals surface area (Å²) >= 11 is 0. The second kappa shape index (κ2) is 9.29. The maximum absolute atomic E-state index is 11.9. The van der Waals surface area contributed by atoms with E-state index in [0.717, 1.165) is 0 Å². The minimum atomic E-state index is -0.132. The zero-order valence-electron chi connectivity index (χ0n) is 14.0. The fourth-order valence-corrected chi connectivity index (χ4v) is 2.16. The summed E-state index contributed by atoms with van der Waals surface area (Å²) in [5, 5.41) is 9.27. The van der Waals surface area contributed by atoms with Crippen molar-refractivity contribution in [3.63, 3.8) is 0 Å². The molecule has 2 rings (SSSR count). The highest BCUT2D eigenvalue weighted by Crippen LogP contribution is 2.05. The molecular formula is C18H23N5O. The summed E-state index contributed by atoms with van der Waals surface area (Å²) in [6, 6.07) is 11.7. The van der Waals surface area contributed by atoms with E-state index in [4.69, 9.17) is 0 Å². The fourth-order valence-electron chi connectivity index (χ4n) is 2.16. The predicted octanol–water partition coefficient (Wildman–Crippen LogP) is 1.49. The molecule has 6 heteroatoms. The van der Waals surface area contributed by atoms with Crippen molar-refractivity contribution in [2.24, 2.45) is 4.99 Å². The van der Waals surface area contributed by atoms with Crippen molar-refractivity contribution in [2.75, 3.05) is 20.1 Å². The maximum atomic E-state index is 11.9. The first-order valence-electron chi connectivity index (χ1n) is 7.88. The van der Waals surface area contributed by atoms with Gasteiger partial charge in [0.25, 0.3) is 5.91 Å². The number of aryl methyl sites for hydroxylation is 1. The number of pyridine rings is 1. The second-order valence-electron chi connectivity index (χ2n) is 5.28. The van der Waals surface area contributed by atoms with Gasteiger partial charge in [0.05, 0.1) is 5.56 Å². The summed E-state index contributed by atoms with van der Waals surface area (Å²) in [4.78, 5) is 20.0. The highest BCUT2D eigenvalue weighted by Gasteiger charge is 2.04. The molecular weight excluding hydrogens is 302 g/mol. The molecule has 0 aliphatic rings. The van der Waals surface area contributed by atoms with Crippen molar-refractivity contribution >= 4 is 11.9 Å². The van der Waals surface area contributed by atoms with E-state index in [1.807, 2.05) is 12.1 Å². The van der Waals surface area contributed by atoms with E-state index in [2.05, 4.69) is 45.0 Å². The summed E-state index contributed by atoms with van der Waals surface area (Å²) in [5.41, 5.74) is 3.02. The molecule has 0 radical (unpaired) electrons. The third-order valence-corrected chi connectivity index (χ3v) is 3.56. The number of hydrogen-bond donors (Lipinski definition) is 3. The van der Waals surface area contributed by atoms with Crippen LogP contribution in [-0.2, 0) is 6.54 Å². The Hall–Kier alpha value is -2.89. The van der Waals surface area contributed by atoms with Crippen LogP contribution in [0.25, 0.3) is 0 Å². The average molecular weight is 325 g/mol. The van der Waals surface area contributed by atoms with Crippen LogP contribution < -0.4 is 16.0 Å². The summed E-state index contributed by atoms with van der Waals surface area (Å²) < 4.78 is 0. The molecule has 0 aliphatic carbocycles. The van der Waals surface area contributed by atoms with Crippen LogP contribution in [0.3, 0.4) is 0 Å². The lowest BCUT2D eigenvalue weighted by Crippen LogP contribution is -2.41. The Morgan fingerprint density at radius 1 is 1.08 bits per heavy atom. The van der Waals surface area contributed by atoms with Gasteiger partial charge in [0.2, 0.25) is 0 Å². The van der Waals surface area contributed by atoms with Crippen molar-refractivity contribution < 1.29 is 4.79 Å². The first kappa shape index (κ1) is 17.5. The van der Waals surface area contributed by atoms with Crippen molar-refractivity contribution in [1.29, 1.82) is 0 Å². The molecule has 24 heavy (non-hydrogen) atoms. The van der Waals surface area contributed by atoms with Crippen LogP contribution in [0.4, 0.5) is 0 Å². The van der Waals surface area contributed by atoms with Crippen molar-refractivity contribution in [3.8, 4) is 0 Å². The molecule has 0 spiro atoms. The van der Waals surface area contributed by atoms with Gasteiger partial charge < -0.3 is 16.0 Å². The molecule has 1 amide bonds. The molecule has 1 aromatic heterocycles. The van der Waals surface area contributed by atoms with Gasteiger partial charge in [-0.3, -0.25) is 14.8 Å². The topological polar surface area (TPSA) is 78.4 Å². The number of amides is 1. The standard InChI is InChI=1S/C18H23N5O/c1-14-6-3-4-7-15(14)13-23-18(19-2)22-11-10-21-17(24)16-8-5-9-20-12-16/h3-9,12H,10-11,13H2,1-2H3,(H,21,24)(H2,19,22,23). The summed E-state index contributed by atoms with van der Waals surface area (Å²) in [5.74, 6) is 0.571. The van der Waals surface area contributed by atoms with Crippen LogP contribution in [0.15, 0.2) is 53.8 Å². The number of guanidine groups is 1. The molecule has 0 atom stereocenters. The third kappa shape index (κ3) is 5.39. The van der Waals surface area contributed by atoms with E-state index in [-0.39, 0.29) is 5.91 Å². The quantitative estimate of drug-likeness (QED) is 0.427. The highest BCUT2D eigenvalue weighted by molar-refractivity contribution is 5.93. The molecule has 1 aromatic carbocycles. The van der Waals surface area contributed by atoms with Crippen molar-refractivity contribution in [3.05, 3.63) is 65.5 Å². The predicted molar refractivity (Wildman–Crippen MR) is 96.0 cm³/mol. The number of rotatable bonds is 6. The number of carbonyl (C=O) groups excluding carboxylic acids is 1. The number of nitrogens with one attached hydrogen (secondary N) is 3. The van der Waals surface area contributed by atoms with Crippen LogP contribution in [-0.4, -0.2) is 37.0 Å². The SMILES string of the molecule is CN=C(NCCNC(=O)c1cccnc1)NCc1ccccc1C. The number of nitrogens with zero attached hydrogens (tertiary/aromatic N) is 2. The van der Waals surface area contributed by atoms with Crippen LogP contribution in [0.1, 0.15) is 21.5 Å². The number of aliphatic imine (C=N–C) groups is 1. The molecule has 1 heterocycles. The molecule has 0 aliphatic heterocycles. The van der Waals surface area contributed by atoms with E-state index < -0.39 is 0 Å². The van der Waals surface area contributed by atoms with Gasteiger partial charge >= 0.3 is 0 Å². The molecule has 0 saturated carbocycles. The Morgan fingerprint density at radius 3 is 2.58 bits per heavy atom. The van der Waals surface area contributed by atoms with Gasteiger partial charge in [-0.15, -0.1) is 0 Å². The largest absolute Gasteiger partial charge is 0.355 e. The van der Waals surface area contributed by atoms with E-state index in [0.29, 0.717) is 31.2 Å². The van der Waals surface area contributed by atoms with Crippen molar-refractivity contribution in [2.45, 2.75) is 13.5 Å². The van der Waals surface area contributed by atoms with Gasteiger partial charge in [0.15, 0.2) is 5.96 Å². The second-order valence-corrected chi connectivity index (χ2v) is 5.28. The van der Waals surface area contributed by atoms with Gasteiger partial charge in [0, 0.05) is 39.1 Å². The van der Waals surface area contributed by atoms with Crippen LogP contribution in [0.2, 0.25) is 0 Å². The minimum absolute atomic E-state index is 0.132. The van der Waals surface area contributed by atoms with Crippen LogP contribution in [0, 0.1) is 6.92 Å². The zero-order chi connectivity index (χ0) is 17.2. The molecule has 126 valence electrons. The molecule has 0 bridgehead atoms. The zero-order valence-corrected chi connectivity index (χ0v) is 14.0. The Balaban J connectivity index is 1.70. The van der Waals surface area contributed by atoms with Gasteiger partial charge in [-0.2, -0.15) is 0 Å². The molecule has 3 N–H and O–H groups in total. The van der Waals surface area contributed by atoms with E-state index in [1.54, 1.807) is 31.6 Å². The number of aromatic nitrogens is 1. The molecule has 0 saturated heterocycles. The molecule has 6 nitrogen and oxygen atoms in total. The van der Waals surface area contributed by atoms with Gasteiger partial charge in [0.1, 0.15) is 0 Å². The maximum Gasteiger partial charge on any atom is 0.252 e. The number of benzene rings is 1. The first-order chi connectivity index (χ1) is 11.7. The lowest BCUT2D eigenvalue weighted by atomic mass is 10.1. The summed E-state index contributed by atoms with van der Waals surface area (Å²) in [6.07, 6.45) is 3.19. The summed E-state index contributed by atoms with van der Waals surface area (Å²) in [7, 11) is 1.72. The van der Waals surface area contributed by atoms with Gasteiger partial charge in [-0.05, 0) is 30.2 Å². The normalized spacial score (nSPS) is 11.0. The summed E-state index contributed by atoms with van der Waals surface area (Å²) in [6.45, 7) is 3.87. The van der Waals surface area contributed by atoms with E-state index in [9.17, 15) is 4.79 Å². The van der Waals surface area contributed by atoms with Crippen LogP contribution in [0.5, 0.6) is 0 Å². The Labute approximate surface area is 142 Å².